The van der Waals surface area contributed by atoms with Crippen LogP contribution in [0.2, 0.25) is 0 Å². The van der Waals surface area contributed by atoms with Gasteiger partial charge in [-0.1, -0.05) is 0 Å². The van der Waals surface area contributed by atoms with Crippen LogP contribution < -0.4 is 15.4 Å². The summed E-state index contributed by atoms with van der Waals surface area (Å²) in [5.41, 5.74) is 1.20. The van der Waals surface area contributed by atoms with E-state index in [1.165, 1.54) is 25.1 Å². The minimum Gasteiger partial charge on any atom is -0.417 e. The lowest BCUT2D eigenvalue weighted by Crippen LogP contribution is -2.49. The van der Waals surface area contributed by atoms with Crippen molar-refractivity contribution in [3.8, 4) is 5.88 Å². The van der Waals surface area contributed by atoms with Crippen molar-refractivity contribution in [3.63, 3.8) is 0 Å². The van der Waals surface area contributed by atoms with Gasteiger partial charge in [0.25, 0.3) is 0 Å². The summed E-state index contributed by atoms with van der Waals surface area (Å²) in [7, 11) is 0. The van der Waals surface area contributed by atoms with Crippen LogP contribution in [0, 0.1) is 5.41 Å². The second kappa shape index (κ2) is 5.70. The summed E-state index contributed by atoms with van der Waals surface area (Å²) in [6, 6.07) is 2.76. The number of halogens is 2. The van der Waals surface area contributed by atoms with Crippen molar-refractivity contribution in [1.29, 1.82) is 0 Å². The van der Waals surface area contributed by atoms with E-state index in [1.54, 1.807) is 13.0 Å². The Kier molecular flexibility index (Phi) is 3.88. The summed E-state index contributed by atoms with van der Waals surface area (Å²) in [6.07, 6.45) is 6.08. The quantitative estimate of drug-likeness (QED) is 0.878. The fourth-order valence-electron chi connectivity index (χ4n) is 3.03. The number of pyridine rings is 1. The van der Waals surface area contributed by atoms with Crippen LogP contribution >= 0.6 is 0 Å². The summed E-state index contributed by atoms with van der Waals surface area (Å²) in [4.78, 5) is 15.6. The standard InChI is InChI=1S/C15H19F2N3O2/c1-9(10-2-5-18-12(6-10)22-13(16)17)19-14(21)20-11-7-15(8-11)3-4-15/h2,5-6,9,11,13H,3-4,7-8H2,1H3,(H2,19,20,21). The van der Waals surface area contributed by atoms with E-state index in [9.17, 15) is 13.6 Å². The first-order valence-electron chi connectivity index (χ1n) is 7.44. The third kappa shape index (κ3) is 3.45. The van der Waals surface area contributed by atoms with Gasteiger partial charge in [-0.15, -0.1) is 0 Å². The van der Waals surface area contributed by atoms with Crippen molar-refractivity contribution in [2.24, 2.45) is 5.41 Å². The molecule has 7 heteroatoms. The number of aromatic nitrogens is 1. The molecule has 0 saturated heterocycles. The first-order valence-corrected chi connectivity index (χ1v) is 7.44. The third-order valence-electron chi connectivity index (χ3n) is 4.47. The second-order valence-electron chi connectivity index (χ2n) is 6.25. The normalized spacial score (nSPS) is 20.4. The average molecular weight is 311 g/mol. The zero-order chi connectivity index (χ0) is 15.7. The fourth-order valence-corrected chi connectivity index (χ4v) is 3.03. The van der Waals surface area contributed by atoms with Crippen molar-refractivity contribution >= 4 is 6.03 Å². The Labute approximate surface area is 127 Å². The van der Waals surface area contributed by atoms with Gasteiger partial charge in [0.05, 0.1) is 6.04 Å². The van der Waals surface area contributed by atoms with E-state index in [1.807, 2.05) is 0 Å². The zero-order valence-electron chi connectivity index (χ0n) is 12.3. The van der Waals surface area contributed by atoms with Gasteiger partial charge in [0, 0.05) is 18.3 Å². The highest BCUT2D eigenvalue weighted by molar-refractivity contribution is 5.75. The van der Waals surface area contributed by atoms with Gasteiger partial charge in [-0.2, -0.15) is 8.78 Å². The predicted octanol–water partition coefficient (Wildman–Crippen LogP) is 2.99. The van der Waals surface area contributed by atoms with Crippen LogP contribution in [-0.2, 0) is 0 Å². The molecule has 2 fully saturated rings. The maximum absolute atomic E-state index is 12.2. The number of carbonyl (C=O) groups excluding carboxylic acids is 1. The van der Waals surface area contributed by atoms with Crippen molar-refractivity contribution in [3.05, 3.63) is 23.9 Å². The molecule has 0 radical (unpaired) electrons. The minimum absolute atomic E-state index is 0.156. The van der Waals surface area contributed by atoms with E-state index >= 15 is 0 Å². The van der Waals surface area contributed by atoms with Gasteiger partial charge in [-0.3, -0.25) is 0 Å². The smallest absolute Gasteiger partial charge is 0.388 e. The zero-order valence-corrected chi connectivity index (χ0v) is 12.3. The molecule has 22 heavy (non-hydrogen) atoms. The van der Waals surface area contributed by atoms with Crippen LogP contribution in [0.15, 0.2) is 18.3 Å². The van der Waals surface area contributed by atoms with Gasteiger partial charge in [-0.05, 0) is 49.7 Å². The molecule has 0 bridgehead atoms. The van der Waals surface area contributed by atoms with Crippen molar-refractivity contribution in [2.75, 3.05) is 0 Å². The van der Waals surface area contributed by atoms with Crippen LogP contribution in [0.3, 0.4) is 0 Å². The summed E-state index contributed by atoms with van der Waals surface area (Å²) >= 11 is 0. The molecule has 2 N–H and O–H groups in total. The molecule has 0 aromatic carbocycles. The third-order valence-corrected chi connectivity index (χ3v) is 4.47. The molecular formula is C15H19F2N3O2. The summed E-state index contributed by atoms with van der Waals surface area (Å²) in [5, 5.41) is 5.75. The van der Waals surface area contributed by atoms with Crippen LogP contribution in [0.4, 0.5) is 13.6 Å². The summed E-state index contributed by atoms with van der Waals surface area (Å²) < 4.78 is 28.6. The first-order chi connectivity index (χ1) is 10.5. The molecular weight excluding hydrogens is 292 g/mol. The minimum atomic E-state index is -2.91. The Bertz CT molecular complexity index is 555. The monoisotopic (exact) mass is 311 g/mol. The Hall–Kier alpha value is -1.92. The van der Waals surface area contributed by atoms with Gasteiger partial charge in [0.1, 0.15) is 0 Å². The van der Waals surface area contributed by atoms with E-state index in [2.05, 4.69) is 20.4 Å². The van der Waals surface area contributed by atoms with Crippen molar-refractivity contribution < 1.29 is 18.3 Å². The number of urea groups is 1. The number of amides is 2. The topological polar surface area (TPSA) is 63.2 Å². The molecule has 0 aliphatic heterocycles. The average Bonchev–Trinajstić information content (AvgIpc) is 3.18. The van der Waals surface area contributed by atoms with Crippen molar-refractivity contribution in [1.82, 2.24) is 15.6 Å². The number of alkyl halides is 2. The number of hydrogen-bond donors (Lipinski definition) is 2. The molecule has 2 aliphatic rings. The number of nitrogens with zero attached hydrogens (tertiary/aromatic N) is 1. The summed E-state index contributed by atoms with van der Waals surface area (Å²) in [5.74, 6) is -0.156. The molecule has 2 aliphatic carbocycles. The molecule has 1 heterocycles. The molecule has 1 aromatic rings. The molecule has 1 spiro atoms. The second-order valence-corrected chi connectivity index (χ2v) is 6.25. The van der Waals surface area contributed by atoms with E-state index in [0.29, 0.717) is 11.0 Å². The van der Waals surface area contributed by atoms with Crippen LogP contribution in [-0.4, -0.2) is 23.7 Å². The lowest BCUT2D eigenvalue weighted by Gasteiger charge is -2.36. The first kappa shape index (κ1) is 15.0. The number of nitrogens with one attached hydrogen (secondary N) is 2. The van der Waals surface area contributed by atoms with Gasteiger partial charge < -0.3 is 15.4 Å². The van der Waals surface area contributed by atoms with E-state index in [0.717, 1.165) is 12.8 Å². The van der Waals surface area contributed by atoms with Gasteiger partial charge in [0.2, 0.25) is 5.88 Å². The lowest BCUT2D eigenvalue weighted by atomic mass is 9.77. The Morgan fingerprint density at radius 3 is 2.82 bits per heavy atom. The lowest BCUT2D eigenvalue weighted by molar-refractivity contribution is -0.0529. The molecule has 1 aromatic heterocycles. The molecule has 1 unspecified atom stereocenters. The van der Waals surface area contributed by atoms with Gasteiger partial charge in [-0.25, -0.2) is 9.78 Å². The highest BCUT2D eigenvalue weighted by Crippen LogP contribution is 2.60. The highest BCUT2D eigenvalue weighted by atomic mass is 19.3. The molecule has 3 rings (SSSR count). The Morgan fingerprint density at radius 2 is 2.18 bits per heavy atom. The fraction of sp³-hybridized carbons (Fsp3) is 0.600. The molecule has 2 saturated carbocycles. The van der Waals surface area contributed by atoms with Crippen LogP contribution in [0.5, 0.6) is 5.88 Å². The number of ether oxygens (including phenoxy) is 1. The maximum Gasteiger partial charge on any atom is 0.388 e. The SMILES string of the molecule is CC(NC(=O)NC1CC2(CC2)C1)c1ccnc(OC(F)F)c1. The van der Waals surface area contributed by atoms with E-state index in [4.69, 9.17) is 0 Å². The number of rotatable bonds is 5. The summed E-state index contributed by atoms with van der Waals surface area (Å²) in [6.45, 7) is -1.13. The van der Waals surface area contributed by atoms with Gasteiger partial charge >= 0.3 is 12.6 Å². The van der Waals surface area contributed by atoms with Gasteiger partial charge in [0.15, 0.2) is 0 Å². The number of hydrogen-bond acceptors (Lipinski definition) is 3. The molecule has 120 valence electrons. The maximum atomic E-state index is 12.2. The highest BCUT2D eigenvalue weighted by Gasteiger charge is 2.53. The van der Waals surface area contributed by atoms with E-state index in [-0.39, 0.29) is 24.0 Å². The Morgan fingerprint density at radius 1 is 1.45 bits per heavy atom. The largest absolute Gasteiger partial charge is 0.417 e. The van der Waals surface area contributed by atoms with E-state index < -0.39 is 6.61 Å². The van der Waals surface area contributed by atoms with Crippen LogP contribution in [0.1, 0.15) is 44.2 Å². The Balaban J connectivity index is 1.50. The van der Waals surface area contributed by atoms with Crippen molar-refractivity contribution in [2.45, 2.75) is 51.3 Å². The molecule has 1 atom stereocenters. The number of carbonyl (C=O) groups is 1. The predicted molar refractivity (Wildman–Crippen MR) is 75.6 cm³/mol. The van der Waals surface area contributed by atoms with Crippen LogP contribution in [0.25, 0.3) is 0 Å². The molecule has 5 nitrogen and oxygen atoms in total. The molecule has 2 amide bonds.